The van der Waals surface area contributed by atoms with Gasteiger partial charge in [0.2, 0.25) is 0 Å². The molecule has 1 aromatic rings. The van der Waals surface area contributed by atoms with Crippen molar-refractivity contribution in [1.29, 1.82) is 0 Å². The molecule has 2 atom stereocenters. The number of nitrogens with two attached hydrogens (primary N) is 1. The third-order valence-corrected chi connectivity index (χ3v) is 1.97. The molecule has 0 aliphatic carbocycles. The van der Waals surface area contributed by atoms with Crippen molar-refractivity contribution in [2.75, 3.05) is 0 Å². The number of halogens is 1. The number of benzene rings is 1. The van der Waals surface area contributed by atoms with Crippen LogP contribution in [0, 0.1) is 0 Å². The zero-order chi connectivity index (χ0) is 11.6. The average Bonchev–Trinajstić information content (AvgIpc) is 2.19. The van der Waals surface area contributed by atoms with Gasteiger partial charge in [0, 0.05) is 0 Å². The summed E-state index contributed by atoms with van der Waals surface area (Å²) < 4.78 is 0. The number of rotatable bonds is 3. The van der Waals surface area contributed by atoms with Crippen molar-refractivity contribution in [3.63, 3.8) is 0 Å². The molecule has 0 heterocycles. The average molecular weight is 253 g/mol. The number of aliphatic carboxylic acids is 1. The second-order valence-electron chi connectivity index (χ2n) is 3.06. The van der Waals surface area contributed by atoms with E-state index in [2.05, 4.69) is 0 Å². The zero-order valence-electron chi connectivity index (χ0n) is 8.07. The van der Waals surface area contributed by atoms with E-state index in [1.807, 2.05) is 0 Å². The molecule has 0 aliphatic heterocycles. The topological polar surface area (TPSA) is 124 Å². The second kappa shape index (κ2) is 5.55. The van der Waals surface area contributed by atoms with Gasteiger partial charge in [-0.2, -0.15) is 0 Å². The lowest BCUT2D eigenvalue weighted by Crippen LogP contribution is -2.36. The van der Waals surface area contributed by atoms with Crippen LogP contribution in [-0.4, -0.2) is 32.4 Å². The number of carboxylic acids is 1. The summed E-state index contributed by atoms with van der Waals surface area (Å²) in [5, 5.41) is 36.1. The van der Waals surface area contributed by atoms with Gasteiger partial charge in [0.15, 0.2) is 11.5 Å². The number of aliphatic hydroxyl groups is 1. The van der Waals surface area contributed by atoms with Crippen LogP contribution < -0.4 is 5.73 Å². The van der Waals surface area contributed by atoms with E-state index in [0.717, 1.165) is 12.1 Å². The van der Waals surface area contributed by atoms with Crippen molar-refractivity contribution in [2.24, 2.45) is 5.73 Å². The number of carboxylic acid groups (broad SMARTS) is 1. The maximum Gasteiger partial charge on any atom is 0.323 e. The first-order chi connectivity index (χ1) is 6.93. The first kappa shape index (κ1) is 14.5. The van der Waals surface area contributed by atoms with E-state index < -0.39 is 23.9 Å². The number of phenolic OH excluding ortho intramolecular Hbond substituents is 2. The van der Waals surface area contributed by atoms with Gasteiger partial charge < -0.3 is 26.2 Å². The highest BCUT2D eigenvalue weighted by atomic mass is 35.5. The molecule has 6 N–H and O–H groups in total. The van der Waals surface area contributed by atoms with Gasteiger partial charge >= 0.3 is 5.97 Å². The van der Waals surface area contributed by atoms with Gasteiger partial charge in [-0.1, -0.05) is 6.07 Å². The number of hydrogen-bond donors (Lipinski definition) is 5. The highest BCUT2D eigenvalue weighted by Gasteiger charge is 2.24. The molecule has 0 unspecified atom stereocenters. The Bertz CT molecular complexity index is 384. The molecule has 0 saturated heterocycles. The molecule has 0 fully saturated rings. The SMILES string of the molecule is Cl.[15NH2][13C@H]([C@H](O)c1ccc(O)c(O)c1)[13C](=O)O. The number of aromatic hydroxyl groups is 2. The van der Waals surface area contributed by atoms with E-state index in [9.17, 15) is 9.90 Å². The molecule has 0 spiro atoms. The van der Waals surface area contributed by atoms with Crippen LogP contribution in [0.5, 0.6) is 11.5 Å². The van der Waals surface area contributed by atoms with Gasteiger partial charge in [-0.25, -0.2) is 0 Å². The first-order valence-corrected chi connectivity index (χ1v) is 4.12. The van der Waals surface area contributed by atoms with E-state index >= 15 is 0 Å². The molecule has 0 amide bonds. The summed E-state index contributed by atoms with van der Waals surface area (Å²) in [6.45, 7) is 0. The molecule has 7 heteroatoms. The van der Waals surface area contributed by atoms with Gasteiger partial charge in [-0.15, -0.1) is 12.4 Å². The number of aliphatic hydroxyl groups excluding tert-OH is 1. The van der Waals surface area contributed by atoms with Crippen LogP contribution in [0.2, 0.25) is 0 Å². The highest BCUT2D eigenvalue weighted by Crippen LogP contribution is 2.28. The zero-order valence-corrected chi connectivity index (χ0v) is 8.89. The van der Waals surface area contributed by atoms with E-state index in [-0.39, 0.29) is 23.7 Å². The summed E-state index contributed by atoms with van der Waals surface area (Å²) in [5.74, 6) is -2.14. The van der Waals surface area contributed by atoms with Crippen LogP contribution in [-0.2, 0) is 4.79 Å². The molecule has 90 valence electrons. The molecule has 0 saturated carbocycles. The Morgan fingerprint density at radius 2 is 1.81 bits per heavy atom. The standard InChI is InChI=1S/C9H11NO5.ClH/c10-7(9(14)15)8(13)4-1-2-5(11)6(12)3-4;/h1-3,7-8,11-13H,10H2,(H,14,15);1H/t7-,8-;/m1./s1/i7+1,9+1,10+1;. The van der Waals surface area contributed by atoms with Gasteiger partial charge in [0.25, 0.3) is 0 Å². The fourth-order valence-corrected chi connectivity index (χ4v) is 1.07. The second-order valence-corrected chi connectivity index (χ2v) is 3.06. The third kappa shape index (κ3) is 2.99. The Labute approximate surface area is 97.4 Å². The molecule has 0 bridgehead atoms. The molecule has 6 nitrogen and oxygen atoms in total. The molecule has 0 aromatic heterocycles. The molecule has 0 aliphatic rings. The van der Waals surface area contributed by atoms with Crippen LogP contribution in [0.1, 0.15) is 11.7 Å². The van der Waals surface area contributed by atoms with E-state index in [4.69, 9.17) is 21.1 Å². The fraction of sp³-hybridized carbons (Fsp3) is 0.222. The highest BCUT2D eigenvalue weighted by molar-refractivity contribution is 5.85. The number of phenols is 2. The Hall–Kier alpha value is -1.50. The van der Waals surface area contributed by atoms with Gasteiger partial charge in [0.1, 0.15) is 12.1 Å². The molecule has 16 heavy (non-hydrogen) atoms. The monoisotopic (exact) mass is 252 g/mol. The Morgan fingerprint density at radius 3 is 2.25 bits per heavy atom. The van der Waals surface area contributed by atoms with E-state index in [0.29, 0.717) is 0 Å². The summed E-state index contributed by atoms with van der Waals surface area (Å²) in [4.78, 5) is 10.5. The summed E-state index contributed by atoms with van der Waals surface area (Å²) >= 11 is 0. The predicted molar refractivity (Wildman–Crippen MR) is 57.6 cm³/mol. The minimum atomic E-state index is -1.48. The van der Waals surface area contributed by atoms with Crippen molar-refractivity contribution in [3.05, 3.63) is 23.8 Å². The van der Waals surface area contributed by atoms with Crippen LogP contribution in [0.15, 0.2) is 18.2 Å². The minimum Gasteiger partial charge on any atom is -0.504 e. The van der Waals surface area contributed by atoms with Crippen LogP contribution in [0.25, 0.3) is 0 Å². The number of hydrogen-bond acceptors (Lipinski definition) is 5. The Balaban J connectivity index is 0.00000225. The van der Waals surface area contributed by atoms with Crippen molar-refractivity contribution < 1.29 is 25.2 Å². The van der Waals surface area contributed by atoms with Crippen molar-refractivity contribution >= 4 is 18.4 Å². The molecular weight excluding hydrogens is 241 g/mol. The fourth-order valence-electron chi connectivity index (χ4n) is 1.07. The quantitative estimate of drug-likeness (QED) is 0.292. The maximum atomic E-state index is 10.5. The van der Waals surface area contributed by atoms with Crippen LogP contribution >= 0.6 is 12.4 Å². The summed E-state index contributed by atoms with van der Waals surface area (Å²) in [6.07, 6.45) is -1.44. The summed E-state index contributed by atoms with van der Waals surface area (Å²) in [7, 11) is 0. The molecular formula is C9H12ClNO5. The molecule has 0 radical (unpaired) electrons. The van der Waals surface area contributed by atoms with Gasteiger partial charge in [0.05, 0.1) is 0 Å². The maximum absolute atomic E-state index is 10.5. The Kier molecular flexibility index (Phi) is 5.03. The summed E-state index contributed by atoms with van der Waals surface area (Å²) in [5.41, 5.74) is 5.31. The van der Waals surface area contributed by atoms with Crippen LogP contribution in [0.3, 0.4) is 0 Å². The van der Waals surface area contributed by atoms with Crippen molar-refractivity contribution in [1.82, 2.24) is 0 Å². The normalized spacial score (nSPS) is 13.6. The summed E-state index contributed by atoms with van der Waals surface area (Å²) in [6, 6.07) is 2.00. The van der Waals surface area contributed by atoms with Crippen molar-refractivity contribution in [2.45, 2.75) is 12.1 Å². The van der Waals surface area contributed by atoms with Crippen LogP contribution in [0.4, 0.5) is 0 Å². The largest absolute Gasteiger partial charge is 0.504 e. The third-order valence-electron chi connectivity index (χ3n) is 1.97. The predicted octanol–water partition coefficient (Wildman–Crippen LogP) is -0.0351. The molecule has 1 rings (SSSR count). The lowest BCUT2D eigenvalue weighted by Gasteiger charge is -2.15. The van der Waals surface area contributed by atoms with E-state index in [1.54, 1.807) is 0 Å². The number of carbonyl (C=O) groups is 1. The van der Waals surface area contributed by atoms with E-state index in [1.165, 1.54) is 6.07 Å². The smallest absolute Gasteiger partial charge is 0.323 e. The first-order valence-electron chi connectivity index (χ1n) is 4.12. The van der Waals surface area contributed by atoms with Gasteiger partial charge in [-0.05, 0) is 17.7 Å². The molecule has 1 aromatic carbocycles. The lowest BCUT2D eigenvalue weighted by atomic mass is 10.1. The van der Waals surface area contributed by atoms with Gasteiger partial charge in [-0.3, -0.25) is 4.79 Å². The van der Waals surface area contributed by atoms with Crippen molar-refractivity contribution in [3.8, 4) is 11.5 Å². The Morgan fingerprint density at radius 1 is 1.25 bits per heavy atom. The lowest BCUT2D eigenvalue weighted by molar-refractivity contribution is -0.141. The minimum absolute atomic E-state index is 0.